The van der Waals surface area contributed by atoms with E-state index in [9.17, 15) is 0 Å². The van der Waals surface area contributed by atoms with Gasteiger partial charge in [-0.1, -0.05) is 42.5 Å². The maximum Gasteiger partial charge on any atom is 0.162 e. The normalized spacial score (nSPS) is 10.9. The van der Waals surface area contributed by atoms with Gasteiger partial charge in [-0.15, -0.1) is 0 Å². The van der Waals surface area contributed by atoms with Crippen molar-refractivity contribution in [1.82, 2.24) is 19.7 Å². The van der Waals surface area contributed by atoms with Gasteiger partial charge in [0.2, 0.25) is 0 Å². The van der Waals surface area contributed by atoms with Gasteiger partial charge in [0.1, 0.15) is 5.82 Å². The first-order valence-corrected chi connectivity index (χ1v) is 8.33. The number of nitrogens with one attached hydrogen (secondary N) is 1. The predicted molar refractivity (Wildman–Crippen MR) is 100 cm³/mol. The molecule has 124 valence electrons. The fraction of sp³-hybridized carbons (Fsp3) is 0.150. The molecule has 1 N–H and O–H groups in total. The Balaban J connectivity index is 1.64. The van der Waals surface area contributed by atoms with Gasteiger partial charge in [-0.2, -0.15) is 5.10 Å². The van der Waals surface area contributed by atoms with Crippen molar-refractivity contribution < 1.29 is 0 Å². The van der Waals surface area contributed by atoms with Gasteiger partial charge >= 0.3 is 0 Å². The van der Waals surface area contributed by atoms with E-state index in [1.165, 1.54) is 5.56 Å². The van der Waals surface area contributed by atoms with Crippen LogP contribution in [0.3, 0.4) is 0 Å². The molecule has 2 aromatic heterocycles. The molecule has 5 heteroatoms. The van der Waals surface area contributed by atoms with Gasteiger partial charge in [-0.25, -0.2) is 9.97 Å². The first kappa shape index (κ1) is 15.3. The van der Waals surface area contributed by atoms with Crippen molar-refractivity contribution in [3.8, 4) is 11.4 Å². The van der Waals surface area contributed by atoms with E-state index in [-0.39, 0.29) is 0 Å². The molecule has 0 fully saturated rings. The zero-order chi connectivity index (χ0) is 17.1. The van der Waals surface area contributed by atoms with E-state index in [2.05, 4.69) is 16.5 Å². The van der Waals surface area contributed by atoms with E-state index in [1.807, 2.05) is 72.7 Å². The van der Waals surface area contributed by atoms with Crippen LogP contribution in [0.5, 0.6) is 0 Å². The Labute approximate surface area is 146 Å². The summed E-state index contributed by atoms with van der Waals surface area (Å²) in [6.07, 6.45) is 4.83. The number of hydrogen-bond donors (Lipinski definition) is 1. The second-order valence-electron chi connectivity index (χ2n) is 5.98. The summed E-state index contributed by atoms with van der Waals surface area (Å²) < 4.78 is 1.82. The Kier molecular flexibility index (Phi) is 4.12. The molecule has 0 amide bonds. The standard InChI is InChI=1S/C20H19N5/c1-25-14-15(13-22-25)11-12-21-20-17-9-5-6-10-18(17)23-19(24-20)16-7-3-2-4-8-16/h2-10,13-14H,11-12H2,1H3,(H,21,23,24). The molecule has 0 saturated carbocycles. The Bertz CT molecular complexity index is 991. The summed E-state index contributed by atoms with van der Waals surface area (Å²) in [7, 11) is 1.93. The average molecular weight is 329 g/mol. The minimum absolute atomic E-state index is 0.739. The van der Waals surface area contributed by atoms with E-state index in [4.69, 9.17) is 9.97 Å². The van der Waals surface area contributed by atoms with Crippen LogP contribution in [0.2, 0.25) is 0 Å². The van der Waals surface area contributed by atoms with E-state index < -0.39 is 0 Å². The van der Waals surface area contributed by atoms with Gasteiger partial charge in [0.25, 0.3) is 0 Å². The number of aryl methyl sites for hydroxylation is 1. The van der Waals surface area contributed by atoms with Crippen LogP contribution in [0, 0.1) is 0 Å². The largest absolute Gasteiger partial charge is 0.369 e. The van der Waals surface area contributed by atoms with Crippen molar-refractivity contribution in [2.24, 2.45) is 7.05 Å². The molecule has 0 bridgehead atoms. The highest BCUT2D eigenvalue weighted by Gasteiger charge is 2.09. The third-order valence-electron chi connectivity index (χ3n) is 4.10. The smallest absolute Gasteiger partial charge is 0.162 e. The van der Waals surface area contributed by atoms with Crippen molar-refractivity contribution in [3.05, 3.63) is 72.6 Å². The van der Waals surface area contributed by atoms with Crippen molar-refractivity contribution in [2.75, 3.05) is 11.9 Å². The fourth-order valence-electron chi connectivity index (χ4n) is 2.85. The molecule has 0 atom stereocenters. The van der Waals surface area contributed by atoms with Crippen molar-refractivity contribution in [1.29, 1.82) is 0 Å². The molecule has 0 unspecified atom stereocenters. The lowest BCUT2D eigenvalue weighted by atomic mass is 10.2. The van der Waals surface area contributed by atoms with Gasteiger partial charge in [0, 0.05) is 30.7 Å². The van der Waals surface area contributed by atoms with Crippen LogP contribution in [-0.2, 0) is 13.5 Å². The maximum atomic E-state index is 4.76. The quantitative estimate of drug-likeness (QED) is 0.607. The van der Waals surface area contributed by atoms with E-state index in [0.29, 0.717) is 0 Å². The molecule has 0 radical (unpaired) electrons. The summed E-state index contributed by atoms with van der Waals surface area (Å²) >= 11 is 0. The van der Waals surface area contributed by atoms with Crippen molar-refractivity contribution in [3.63, 3.8) is 0 Å². The molecule has 2 aromatic carbocycles. The molecule has 0 saturated heterocycles. The zero-order valence-corrected chi connectivity index (χ0v) is 14.1. The summed E-state index contributed by atoms with van der Waals surface area (Å²) in [5, 5.41) is 8.71. The molecular weight excluding hydrogens is 310 g/mol. The summed E-state index contributed by atoms with van der Waals surface area (Å²) in [4.78, 5) is 9.48. The third-order valence-corrected chi connectivity index (χ3v) is 4.10. The van der Waals surface area contributed by atoms with Crippen molar-refractivity contribution >= 4 is 16.7 Å². The molecule has 4 rings (SSSR count). The average Bonchev–Trinajstić information content (AvgIpc) is 3.07. The number of anilines is 1. The topological polar surface area (TPSA) is 55.6 Å². The highest BCUT2D eigenvalue weighted by molar-refractivity contribution is 5.90. The van der Waals surface area contributed by atoms with Gasteiger partial charge in [-0.05, 0) is 24.1 Å². The van der Waals surface area contributed by atoms with Gasteiger partial charge < -0.3 is 5.32 Å². The van der Waals surface area contributed by atoms with Crippen LogP contribution in [0.1, 0.15) is 5.56 Å². The minimum atomic E-state index is 0.739. The lowest BCUT2D eigenvalue weighted by Crippen LogP contribution is -2.08. The van der Waals surface area contributed by atoms with E-state index in [1.54, 1.807) is 0 Å². The molecule has 2 heterocycles. The second kappa shape index (κ2) is 6.73. The van der Waals surface area contributed by atoms with Crippen molar-refractivity contribution in [2.45, 2.75) is 6.42 Å². The first-order valence-electron chi connectivity index (χ1n) is 8.33. The zero-order valence-electron chi connectivity index (χ0n) is 14.1. The van der Waals surface area contributed by atoms with Gasteiger partial charge in [-0.3, -0.25) is 4.68 Å². The number of benzene rings is 2. The first-order chi connectivity index (χ1) is 12.3. The Morgan fingerprint density at radius 1 is 0.960 bits per heavy atom. The highest BCUT2D eigenvalue weighted by atomic mass is 15.2. The summed E-state index contributed by atoms with van der Waals surface area (Å²) in [5.41, 5.74) is 3.17. The summed E-state index contributed by atoms with van der Waals surface area (Å²) in [6.45, 7) is 0.793. The fourth-order valence-corrected chi connectivity index (χ4v) is 2.85. The number of rotatable bonds is 5. The van der Waals surface area contributed by atoms with Gasteiger partial charge in [0.15, 0.2) is 5.82 Å². The van der Waals surface area contributed by atoms with Crippen LogP contribution in [0.15, 0.2) is 67.0 Å². The molecule has 0 aliphatic rings. The molecule has 0 aliphatic carbocycles. The summed E-state index contributed by atoms with van der Waals surface area (Å²) in [6, 6.07) is 18.2. The third kappa shape index (κ3) is 3.35. The van der Waals surface area contributed by atoms with Crippen LogP contribution >= 0.6 is 0 Å². The van der Waals surface area contributed by atoms with E-state index in [0.717, 1.165) is 41.1 Å². The van der Waals surface area contributed by atoms with Crippen LogP contribution in [0.25, 0.3) is 22.3 Å². The lowest BCUT2D eigenvalue weighted by molar-refractivity contribution is 0.767. The molecule has 4 aromatic rings. The van der Waals surface area contributed by atoms with Crippen LogP contribution < -0.4 is 5.32 Å². The number of aromatic nitrogens is 4. The number of nitrogens with zero attached hydrogens (tertiary/aromatic N) is 4. The summed E-state index contributed by atoms with van der Waals surface area (Å²) in [5.74, 6) is 1.61. The number of para-hydroxylation sites is 1. The maximum absolute atomic E-state index is 4.76. The Morgan fingerprint density at radius 2 is 1.76 bits per heavy atom. The van der Waals surface area contributed by atoms with Crippen LogP contribution in [-0.4, -0.2) is 26.3 Å². The Morgan fingerprint density at radius 3 is 2.56 bits per heavy atom. The lowest BCUT2D eigenvalue weighted by Gasteiger charge is -2.10. The predicted octanol–water partition coefficient (Wildman–Crippen LogP) is 3.68. The highest BCUT2D eigenvalue weighted by Crippen LogP contribution is 2.24. The molecule has 0 aliphatic heterocycles. The SMILES string of the molecule is Cn1cc(CCNc2nc(-c3ccccc3)nc3ccccc23)cn1. The molecule has 0 spiro atoms. The van der Waals surface area contributed by atoms with E-state index >= 15 is 0 Å². The second-order valence-corrected chi connectivity index (χ2v) is 5.98. The van der Waals surface area contributed by atoms with Crippen LogP contribution in [0.4, 0.5) is 5.82 Å². The minimum Gasteiger partial charge on any atom is -0.369 e. The van der Waals surface area contributed by atoms with Gasteiger partial charge in [0.05, 0.1) is 11.7 Å². The number of hydrogen-bond acceptors (Lipinski definition) is 4. The Hall–Kier alpha value is -3.21. The molecule has 25 heavy (non-hydrogen) atoms. The molecular formula is C20H19N5. The monoisotopic (exact) mass is 329 g/mol. The number of fused-ring (bicyclic) bond motifs is 1. The molecule has 5 nitrogen and oxygen atoms in total.